The average molecular weight is 222 g/mol. The fraction of sp³-hybridized carbons (Fsp3) is 0.615. The van der Waals surface area contributed by atoms with E-state index in [1.54, 1.807) is 6.20 Å². The van der Waals surface area contributed by atoms with Crippen LogP contribution in [-0.4, -0.2) is 16.6 Å². The minimum Gasteiger partial charge on any atom is -0.475 e. The van der Waals surface area contributed by atoms with E-state index in [9.17, 15) is 0 Å². The van der Waals surface area contributed by atoms with Gasteiger partial charge in [-0.15, -0.1) is 0 Å². The zero-order valence-electron chi connectivity index (χ0n) is 10.9. The molecule has 90 valence electrons. The molecule has 3 heteroatoms. The number of ether oxygens (including phenoxy) is 1. The molecule has 1 heterocycles. The summed E-state index contributed by atoms with van der Waals surface area (Å²) in [5, 5.41) is 3.44. The van der Waals surface area contributed by atoms with Crippen molar-refractivity contribution in [3.8, 4) is 5.88 Å². The van der Waals surface area contributed by atoms with Crippen LogP contribution in [0, 0.1) is 0 Å². The molecule has 0 radical (unpaired) electrons. The van der Waals surface area contributed by atoms with Crippen LogP contribution < -0.4 is 10.1 Å². The Hall–Kier alpha value is -1.09. The van der Waals surface area contributed by atoms with Crippen molar-refractivity contribution in [2.45, 2.75) is 52.8 Å². The first-order chi connectivity index (χ1) is 7.37. The first-order valence-corrected chi connectivity index (χ1v) is 5.73. The summed E-state index contributed by atoms with van der Waals surface area (Å²) in [5.41, 5.74) is 1.32. The highest BCUT2D eigenvalue weighted by Gasteiger charge is 2.08. The van der Waals surface area contributed by atoms with Crippen molar-refractivity contribution in [1.82, 2.24) is 10.3 Å². The molecule has 1 rings (SSSR count). The Bertz CT molecular complexity index is 329. The monoisotopic (exact) mass is 222 g/mol. The maximum Gasteiger partial charge on any atom is 0.213 e. The van der Waals surface area contributed by atoms with Crippen molar-refractivity contribution < 1.29 is 4.74 Å². The van der Waals surface area contributed by atoms with Gasteiger partial charge in [-0.2, -0.15) is 0 Å². The molecular formula is C13H22N2O. The standard InChI is InChI=1S/C13H22N2O/c1-10(2)16-12-8-11(6-7-14-12)9-15-13(3,4)5/h6-8,10,15H,9H2,1-5H3. The van der Waals surface area contributed by atoms with E-state index in [4.69, 9.17) is 4.74 Å². The molecule has 1 aromatic heterocycles. The summed E-state index contributed by atoms with van der Waals surface area (Å²) >= 11 is 0. The highest BCUT2D eigenvalue weighted by atomic mass is 16.5. The fourth-order valence-electron chi connectivity index (χ4n) is 1.23. The molecule has 0 saturated heterocycles. The van der Waals surface area contributed by atoms with E-state index >= 15 is 0 Å². The Morgan fingerprint density at radius 3 is 2.62 bits per heavy atom. The van der Waals surface area contributed by atoms with E-state index < -0.39 is 0 Å². The van der Waals surface area contributed by atoms with Crippen molar-refractivity contribution in [3.63, 3.8) is 0 Å². The van der Waals surface area contributed by atoms with Crippen LogP contribution in [-0.2, 0) is 6.54 Å². The number of hydrogen-bond donors (Lipinski definition) is 1. The van der Waals surface area contributed by atoms with Crippen LogP contribution in [0.5, 0.6) is 5.88 Å². The minimum atomic E-state index is 0.127. The van der Waals surface area contributed by atoms with Gasteiger partial charge in [0.1, 0.15) is 0 Å². The molecular weight excluding hydrogens is 200 g/mol. The van der Waals surface area contributed by atoms with Crippen molar-refractivity contribution in [3.05, 3.63) is 23.9 Å². The van der Waals surface area contributed by atoms with E-state index in [0.29, 0.717) is 5.88 Å². The maximum atomic E-state index is 5.55. The molecule has 1 aromatic rings. The molecule has 0 amide bonds. The van der Waals surface area contributed by atoms with Crippen molar-refractivity contribution in [2.24, 2.45) is 0 Å². The molecule has 0 aliphatic heterocycles. The maximum absolute atomic E-state index is 5.55. The molecule has 1 N–H and O–H groups in total. The lowest BCUT2D eigenvalue weighted by Gasteiger charge is -2.20. The summed E-state index contributed by atoms with van der Waals surface area (Å²) in [7, 11) is 0. The molecule has 0 fully saturated rings. The van der Waals surface area contributed by atoms with Crippen LogP contribution in [0.25, 0.3) is 0 Å². The second kappa shape index (κ2) is 5.30. The Labute approximate surface area is 98.2 Å². The second-order valence-electron chi connectivity index (χ2n) is 5.27. The van der Waals surface area contributed by atoms with Crippen LogP contribution in [0.3, 0.4) is 0 Å². The molecule has 0 spiro atoms. The minimum absolute atomic E-state index is 0.127. The molecule has 3 nitrogen and oxygen atoms in total. The van der Waals surface area contributed by atoms with Crippen LogP contribution in [0.2, 0.25) is 0 Å². The topological polar surface area (TPSA) is 34.1 Å². The summed E-state index contributed by atoms with van der Waals surface area (Å²) < 4.78 is 5.55. The summed E-state index contributed by atoms with van der Waals surface area (Å²) in [4.78, 5) is 4.17. The van der Waals surface area contributed by atoms with Gasteiger partial charge in [0.25, 0.3) is 0 Å². The molecule has 16 heavy (non-hydrogen) atoms. The van der Waals surface area contributed by atoms with Crippen molar-refractivity contribution >= 4 is 0 Å². The Morgan fingerprint density at radius 1 is 1.38 bits per heavy atom. The third-order valence-electron chi connectivity index (χ3n) is 1.98. The molecule has 0 saturated carbocycles. The van der Waals surface area contributed by atoms with Crippen LogP contribution in [0.4, 0.5) is 0 Å². The molecule has 0 aliphatic rings. The fourth-order valence-corrected chi connectivity index (χ4v) is 1.23. The zero-order valence-corrected chi connectivity index (χ0v) is 10.9. The van der Waals surface area contributed by atoms with Gasteiger partial charge in [0, 0.05) is 24.3 Å². The predicted octanol–water partition coefficient (Wildman–Crippen LogP) is 2.76. The van der Waals surface area contributed by atoms with E-state index in [-0.39, 0.29) is 11.6 Å². The van der Waals surface area contributed by atoms with Gasteiger partial charge < -0.3 is 10.1 Å². The third-order valence-corrected chi connectivity index (χ3v) is 1.98. The molecule has 0 aliphatic carbocycles. The van der Waals surface area contributed by atoms with E-state index in [1.165, 1.54) is 5.56 Å². The lowest BCUT2D eigenvalue weighted by molar-refractivity contribution is 0.232. The van der Waals surface area contributed by atoms with E-state index in [1.807, 2.05) is 26.0 Å². The Kier molecular flexibility index (Phi) is 4.30. The lowest BCUT2D eigenvalue weighted by Crippen LogP contribution is -2.35. The highest BCUT2D eigenvalue weighted by Crippen LogP contribution is 2.12. The SMILES string of the molecule is CC(C)Oc1cc(CNC(C)(C)C)ccn1. The van der Waals surface area contributed by atoms with E-state index in [0.717, 1.165) is 6.54 Å². The first-order valence-electron chi connectivity index (χ1n) is 5.73. The van der Waals surface area contributed by atoms with Crippen LogP contribution >= 0.6 is 0 Å². The third kappa shape index (κ3) is 5.12. The molecule has 0 unspecified atom stereocenters. The number of pyridine rings is 1. The normalized spacial score (nSPS) is 11.9. The number of nitrogens with zero attached hydrogens (tertiary/aromatic N) is 1. The number of aromatic nitrogens is 1. The Balaban J connectivity index is 2.60. The predicted molar refractivity (Wildman–Crippen MR) is 66.6 cm³/mol. The van der Waals surface area contributed by atoms with Gasteiger partial charge in [0.15, 0.2) is 0 Å². The number of nitrogens with one attached hydrogen (secondary N) is 1. The summed E-state index contributed by atoms with van der Waals surface area (Å²) in [6, 6.07) is 3.99. The smallest absolute Gasteiger partial charge is 0.213 e. The summed E-state index contributed by atoms with van der Waals surface area (Å²) in [6.45, 7) is 11.3. The number of hydrogen-bond acceptors (Lipinski definition) is 3. The highest BCUT2D eigenvalue weighted by molar-refractivity contribution is 5.20. The zero-order chi connectivity index (χ0) is 12.2. The van der Waals surface area contributed by atoms with Crippen LogP contribution in [0.1, 0.15) is 40.2 Å². The van der Waals surface area contributed by atoms with Crippen molar-refractivity contribution in [2.75, 3.05) is 0 Å². The van der Waals surface area contributed by atoms with Crippen LogP contribution in [0.15, 0.2) is 18.3 Å². The van der Waals surface area contributed by atoms with Gasteiger partial charge in [0.2, 0.25) is 5.88 Å². The van der Waals surface area contributed by atoms with Gasteiger partial charge in [-0.25, -0.2) is 4.98 Å². The van der Waals surface area contributed by atoms with E-state index in [2.05, 4.69) is 31.1 Å². The summed E-state index contributed by atoms with van der Waals surface area (Å²) in [6.07, 6.45) is 1.95. The van der Waals surface area contributed by atoms with Crippen molar-refractivity contribution in [1.29, 1.82) is 0 Å². The molecule has 0 atom stereocenters. The summed E-state index contributed by atoms with van der Waals surface area (Å²) in [5.74, 6) is 0.697. The van der Waals surface area contributed by atoms with Gasteiger partial charge in [0.05, 0.1) is 6.10 Å². The van der Waals surface area contributed by atoms with Gasteiger partial charge in [-0.05, 0) is 46.2 Å². The molecule has 0 aromatic carbocycles. The quantitative estimate of drug-likeness (QED) is 0.850. The lowest BCUT2D eigenvalue weighted by atomic mass is 10.1. The largest absolute Gasteiger partial charge is 0.475 e. The number of rotatable bonds is 4. The van der Waals surface area contributed by atoms with Gasteiger partial charge in [-0.1, -0.05) is 0 Å². The average Bonchev–Trinajstić information content (AvgIpc) is 2.13. The molecule has 0 bridgehead atoms. The van der Waals surface area contributed by atoms with Gasteiger partial charge >= 0.3 is 0 Å². The second-order valence-corrected chi connectivity index (χ2v) is 5.27. The van der Waals surface area contributed by atoms with Gasteiger partial charge in [-0.3, -0.25) is 0 Å². The Morgan fingerprint density at radius 2 is 2.06 bits per heavy atom. The first kappa shape index (κ1) is 13.0.